The zero-order chi connectivity index (χ0) is 20.6. The Bertz CT molecular complexity index is 1150. The number of sulfonamides is 1. The van der Waals surface area contributed by atoms with Gasteiger partial charge in [-0.3, -0.25) is 4.79 Å². The maximum absolute atomic E-state index is 13.1. The average molecular weight is 433 g/mol. The summed E-state index contributed by atoms with van der Waals surface area (Å²) in [5.41, 5.74) is 2.25. The van der Waals surface area contributed by atoms with Gasteiger partial charge in [-0.15, -0.1) is 11.3 Å². The van der Waals surface area contributed by atoms with E-state index in [1.165, 1.54) is 11.3 Å². The second kappa shape index (κ2) is 7.89. The standard InChI is InChI=1S/C20H24N4O3S2/c1-3-15-12-17(14(2)22-20(15)25)18-4-5-19(28-18)29(26,27)24-9-6-16(7-10-24)23-11-8-21-13-23/h4-5,8,11-13,16H,3,6-7,9-10H2,1-2H3,(H,22,25). The molecule has 4 heterocycles. The molecule has 1 aliphatic heterocycles. The molecule has 4 rings (SSSR count). The van der Waals surface area contributed by atoms with Crippen LogP contribution in [0.15, 0.2) is 45.9 Å². The molecule has 154 valence electrons. The van der Waals surface area contributed by atoms with Crippen molar-refractivity contribution < 1.29 is 8.42 Å². The largest absolute Gasteiger partial charge is 0.334 e. The van der Waals surface area contributed by atoms with Gasteiger partial charge in [0, 0.05) is 53.2 Å². The van der Waals surface area contributed by atoms with E-state index < -0.39 is 10.0 Å². The highest BCUT2D eigenvalue weighted by Gasteiger charge is 2.31. The molecule has 0 saturated carbocycles. The third kappa shape index (κ3) is 3.82. The molecule has 9 heteroatoms. The van der Waals surface area contributed by atoms with Crippen LogP contribution in [-0.4, -0.2) is 40.3 Å². The number of hydrogen-bond acceptors (Lipinski definition) is 5. The van der Waals surface area contributed by atoms with Gasteiger partial charge in [0.1, 0.15) is 4.21 Å². The lowest BCUT2D eigenvalue weighted by Crippen LogP contribution is -2.38. The Morgan fingerprint density at radius 3 is 2.69 bits per heavy atom. The van der Waals surface area contributed by atoms with Gasteiger partial charge >= 0.3 is 0 Å². The molecule has 1 N–H and O–H groups in total. The molecule has 0 amide bonds. The summed E-state index contributed by atoms with van der Waals surface area (Å²) in [5.74, 6) is 0. The van der Waals surface area contributed by atoms with Crippen molar-refractivity contribution in [2.75, 3.05) is 13.1 Å². The van der Waals surface area contributed by atoms with E-state index >= 15 is 0 Å². The van der Waals surface area contributed by atoms with Gasteiger partial charge in [-0.2, -0.15) is 4.31 Å². The van der Waals surface area contributed by atoms with Gasteiger partial charge in [0.15, 0.2) is 0 Å². The third-order valence-electron chi connectivity index (χ3n) is 5.51. The molecule has 0 radical (unpaired) electrons. The summed E-state index contributed by atoms with van der Waals surface area (Å²) in [4.78, 5) is 19.8. The highest BCUT2D eigenvalue weighted by Crippen LogP contribution is 2.35. The summed E-state index contributed by atoms with van der Waals surface area (Å²) in [6.07, 6.45) is 7.64. The van der Waals surface area contributed by atoms with E-state index in [0.29, 0.717) is 35.3 Å². The molecule has 3 aromatic rings. The zero-order valence-electron chi connectivity index (χ0n) is 16.5. The number of piperidine rings is 1. The van der Waals surface area contributed by atoms with E-state index in [1.807, 2.05) is 32.2 Å². The lowest BCUT2D eigenvalue weighted by atomic mass is 10.1. The van der Waals surface area contributed by atoms with Crippen LogP contribution in [0.2, 0.25) is 0 Å². The number of H-pyrrole nitrogens is 1. The normalized spacial score (nSPS) is 16.3. The monoisotopic (exact) mass is 432 g/mol. The molecule has 0 spiro atoms. The summed E-state index contributed by atoms with van der Waals surface area (Å²) >= 11 is 1.26. The number of pyridine rings is 1. The Kier molecular flexibility index (Phi) is 5.46. The van der Waals surface area contributed by atoms with Gasteiger partial charge in [-0.05, 0) is 44.4 Å². The van der Waals surface area contributed by atoms with Gasteiger partial charge in [0.05, 0.1) is 6.33 Å². The van der Waals surface area contributed by atoms with Crippen LogP contribution in [-0.2, 0) is 16.4 Å². The van der Waals surface area contributed by atoms with E-state index in [1.54, 1.807) is 22.9 Å². The third-order valence-corrected chi connectivity index (χ3v) is 8.99. The number of nitrogens with one attached hydrogen (secondary N) is 1. The van der Waals surface area contributed by atoms with Crippen molar-refractivity contribution in [3.05, 3.63) is 58.5 Å². The molecule has 1 saturated heterocycles. The van der Waals surface area contributed by atoms with Crippen molar-refractivity contribution in [1.29, 1.82) is 0 Å². The molecular formula is C20H24N4O3S2. The number of aryl methyl sites for hydroxylation is 2. The second-order valence-corrected chi connectivity index (χ2v) is 10.5. The first-order valence-corrected chi connectivity index (χ1v) is 12.0. The predicted molar refractivity (Wildman–Crippen MR) is 114 cm³/mol. The molecule has 0 bridgehead atoms. The fraction of sp³-hybridized carbons (Fsp3) is 0.400. The minimum atomic E-state index is -3.52. The Morgan fingerprint density at radius 1 is 1.28 bits per heavy atom. The molecule has 0 aromatic carbocycles. The van der Waals surface area contributed by atoms with E-state index in [4.69, 9.17) is 0 Å². The molecule has 29 heavy (non-hydrogen) atoms. The van der Waals surface area contributed by atoms with Crippen LogP contribution in [0.5, 0.6) is 0 Å². The number of thiophene rings is 1. The maximum atomic E-state index is 13.1. The van der Waals surface area contributed by atoms with Crippen LogP contribution in [0, 0.1) is 6.92 Å². The maximum Gasteiger partial charge on any atom is 0.252 e. The smallest absolute Gasteiger partial charge is 0.252 e. The van der Waals surface area contributed by atoms with Gasteiger partial charge in [-0.1, -0.05) is 6.92 Å². The molecule has 1 aliphatic rings. The second-order valence-electron chi connectivity index (χ2n) is 7.28. The van der Waals surface area contributed by atoms with Crippen LogP contribution >= 0.6 is 11.3 Å². The fourth-order valence-corrected chi connectivity index (χ4v) is 6.79. The number of aromatic nitrogens is 3. The first-order valence-electron chi connectivity index (χ1n) is 9.70. The minimum absolute atomic E-state index is 0.0843. The van der Waals surface area contributed by atoms with Crippen molar-refractivity contribution in [3.8, 4) is 10.4 Å². The van der Waals surface area contributed by atoms with Gasteiger partial charge in [0.25, 0.3) is 15.6 Å². The Morgan fingerprint density at radius 2 is 2.03 bits per heavy atom. The topological polar surface area (TPSA) is 88.1 Å². The van der Waals surface area contributed by atoms with Crippen molar-refractivity contribution in [2.45, 2.75) is 43.4 Å². The Balaban J connectivity index is 1.56. The summed E-state index contributed by atoms with van der Waals surface area (Å²) < 4.78 is 30.3. The van der Waals surface area contributed by atoms with Crippen molar-refractivity contribution in [2.24, 2.45) is 0 Å². The van der Waals surface area contributed by atoms with Crippen molar-refractivity contribution in [3.63, 3.8) is 0 Å². The highest BCUT2D eigenvalue weighted by molar-refractivity contribution is 7.91. The molecule has 0 atom stereocenters. The molecule has 3 aromatic heterocycles. The molecule has 7 nitrogen and oxygen atoms in total. The zero-order valence-corrected chi connectivity index (χ0v) is 18.1. The van der Waals surface area contributed by atoms with E-state index in [0.717, 1.165) is 29.0 Å². The summed E-state index contributed by atoms with van der Waals surface area (Å²) in [7, 11) is -3.52. The SMILES string of the molecule is CCc1cc(-c2ccc(S(=O)(=O)N3CCC(n4ccnc4)CC3)s2)c(C)[nH]c1=O. The van der Waals surface area contributed by atoms with Crippen LogP contribution in [0.25, 0.3) is 10.4 Å². The number of hydrogen-bond donors (Lipinski definition) is 1. The first-order chi connectivity index (χ1) is 13.9. The number of imidazole rings is 1. The quantitative estimate of drug-likeness (QED) is 0.671. The van der Waals surface area contributed by atoms with Crippen LogP contribution < -0.4 is 5.56 Å². The van der Waals surface area contributed by atoms with Gasteiger partial charge < -0.3 is 9.55 Å². The number of nitrogens with zero attached hydrogens (tertiary/aromatic N) is 3. The highest BCUT2D eigenvalue weighted by atomic mass is 32.2. The molecular weight excluding hydrogens is 408 g/mol. The van der Waals surface area contributed by atoms with Crippen molar-refractivity contribution in [1.82, 2.24) is 18.8 Å². The summed E-state index contributed by atoms with van der Waals surface area (Å²) in [6, 6.07) is 5.66. The number of rotatable bonds is 5. The Labute approximate surface area is 174 Å². The first kappa shape index (κ1) is 20.1. The Hall–Kier alpha value is -2.23. The number of aromatic amines is 1. The van der Waals surface area contributed by atoms with Crippen molar-refractivity contribution >= 4 is 21.4 Å². The lowest BCUT2D eigenvalue weighted by molar-refractivity contribution is 0.274. The van der Waals surface area contributed by atoms with Gasteiger partial charge in [0.2, 0.25) is 0 Å². The summed E-state index contributed by atoms with van der Waals surface area (Å²) in [5, 5.41) is 0. The average Bonchev–Trinajstić information content (AvgIpc) is 3.41. The predicted octanol–water partition coefficient (Wildman–Crippen LogP) is 3.20. The minimum Gasteiger partial charge on any atom is -0.334 e. The van der Waals surface area contributed by atoms with Crippen LogP contribution in [0.1, 0.15) is 37.1 Å². The van der Waals surface area contributed by atoms with Gasteiger partial charge in [-0.25, -0.2) is 13.4 Å². The molecule has 1 fully saturated rings. The van der Waals surface area contributed by atoms with E-state index in [-0.39, 0.29) is 5.56 Å². The van der Waals surface area contributed by atoms with E-state index in [2.05, 4.69) is 14.5 Å². The molecule has 0 aliphatic carbocycles. The lowest BCUT2D eigenvalue weighted by Gasteiger charge is -2.31. The summed E-state index contributed by atoms with van der Waals surface area (Å²) in [6.45, 7) is 4.76. The molecule has 0 unspecified atom stereocenters. The van der Waals surface area contributed by atoms with Crippen LogP contribution in [0.3, 0.4) is 0 Å². The van der Waals surface area contributed by atoms with Crippen LogP contribution in [0.4, 0.5) is 0 Å². The fourth-order valence-electron chi connectivity index (χ4n) is 3.78. The van der Waals surface area contributed by atoms with E-state index in [9.17, 15) is 13.2 Å².